The van der Waals surface area contributed by atoms with Gasteiger partial charge in [0.15, 0.2) is 0 Å². The molecule has 1 aromatic rings. The van der Waals surface area contributed by atoms with E-state index in [0.29, 0.717) is 12.2 Å². The Morgan fingerprint density at radius 1 is 1.89 bits per heavy atom. The van der Waals surface area contributed by atoms with Crippen molar-refractivity contribution in [2.24, 2.45) is 0 Å². The molecule has 0 aliphatic rings. The summed E-state index contributed by atoms with van der Waals surface area (Å²) in [5, 5.41) is 0. The van der Waals surface area contributed by atoms with E-state index in [-0.39, 0.29) is 5.78 Å². The second-order valence-electron chi connectivity index (χ2n) is 1.75. The number of rotatable bonds is 2. The largest absolute Gasteiger partial charge is 0.348 e. The smallest absolute Gasteiger partial charge is 0.140 e. The van der Waals surface area contributed by atoms with Gasteiger partial charge in [-0.15, -0.1) is 0 Å². The number of hydrogen-bond donors (Lipinski definition) is 1. The van der Waals surface area contributed by atoms with E-state index >= 15 is 0 Å². The lowest BCUT2D eigenvalue weighted by atomic mass is 10.3. The predicted molar refractivity (Wildman–Crippen MR) is 32.7 cm³/mol. The van der Waals surface area contributed by atoms with Gasteiger partial charge in [0.1, 0.15) is 11.6 Å². The quantitative estimate of drug-likeness (QED) is 0.617. The summed E-state index contributed by atoms with van der Waals surface area (Å²) < 4.78 is 0. The lowest BCUT2D eigenvalue weighted by Crippen LogP contribution is -1.97. The molecule has 1 aromatic heterocycles. The molecule has 0 saturated carbocycles. The van der Waals surface area contributed by atoms with Crippen molar-refractivity contribution in [3.05, 3.63) is 25.1 Å². The molecule has 0 aliphatic heterocycles. The molecular weight excluding hydrogens is 116 g/mol. The topological polar surface area (TPSA) is 45.8 Å². The van der Waals surface area contributed by atoms with Crippen molar-refractivity contribution in [3.8, 4) is 0 Å². The Morgan fingerprint density at radius 3 is 3.11 bits per heavy atom. The van der Waals surface area contributed by atoms with Crippen molar-refractivity contribution in [2.45, 2.75) is 6.42 Å². The predicted octanol–water partition coefficient (Wildman–Crippen LogP) is 0.355. The first-order valence-corrected chi connectivity index (χ1v) is 2.62. The van der Waals surface area contributed by atoms with Crippen molar-refractivity contribution < 1.29 is 4.79 Å². The fourth-order valence-corrected chi connectivity index (χ4v) is 0.581. The lowest BCUT2D eigenvalue weighted by Gasteiger charge is -1.86. The Morgan fingerprint density at radius 2 is 2.67 bits per heavy atom. The first-order chi connectivity index (χ1) is 4.29. The van der Waals surface area contributed by atoms with E-state index in [1.54, 1.807) is 12.4 Å². The van der Waals surface area contributed by atoms with Gasteiger partial charge in [-0.2, -0.15) is 0 Å². The molecule has 0 amide bonds. The van der Waals surface area contributed by atoms with Crippen molar-refractivity contribution in [1.82, 2.24) is 9.97 Å². The molecule has 0 atom stereocenters. The number of Topliss-reactive ketones (excluding diaryl/α,β-unsaturated/α-hetero) is 1. The van der Waals surface area contributed by atoms with Gasteiger partial charge in [-0.05, 0) is 0 Å². The van der Waals surface area contributed by atoms with Gasteiger partial charge >= 0.3 is 0 Å². The Hall–Kier alpha value is -1.12. The molecule has 9 heavy (non-hydrogen) atoms. The number of imidazole rings is 1. The van der Waals surface area contributed by atoms with Crippen LogP contribution in [0.25, 0.3) is 0 Å². The molecule has 0 unspecified atom stereocenters. The number of aromatic amines is 1. The summed E-state index contributed by atoms with van der Waals surface area (Å²) in [6.07, 6.45) is 3.59. The summed E-state index contributed by atoms with van der Waals surface area (Å²) >= 11 is 0. The number of H-pyrrole nitrogens is 1. The van der Waals surface area contributed by atoms with E-state index in [9.17, 15) is 4.79 Å². The van der Waals surface area contributed by atoms with E-state index in [2.05, 4.69) is 16.9 Å². The van der Waals surface area contributed by atoms with Crippen LogP contribution in [0.1, 0.15) is 5.82 Å². The Labute approximate surface area is 53.1 Å². The maximum atomic E-state index is 10.3. The van der Waals surface area contributed by atoms with Gasteiger partial charge in [0.05, 0.1) is 6.42 Å². The van der Waals surface area contributed by atoms with Crippen LogP contribution in [0.15, 0.2) is 12.4 Å². The van der Waals surface area contributed by atoms with Crippen LogP contribution in [0.4, 0.5) is 0 Å². The van der Waals surface area contributed by atoms with Crippen molar-refractivity contribution in [3.63, 3.8) is 0 Å². The monoisotopic (exact) mass is 123 g/mol. The number of nitrogens with one attached hydrogen (secondary N) is 1. The van der Waals surface area contributed by atoms with Crippen LogP contribution in [0.2, 0.25) is 0 Å². The molecule has 0 saturated heterocycles. The Kier molecular flexibility index (Phi) is 1.63. The minimum atomic E-state index is -0.120. The SMILES string of the molecule is [CH2]C(=O)Cc1ncc[nH]1. The molecule has 3 heteroatoms. The average Bonchev–Trinajstić information content (AvgIpc) is 2.15. The second kappa shape index (κ2) is 2.44. The minimum absolute atomic E-state index is 0.120. The van der Waals surface area contributed by atoms with E-state index in [0.717, 1.165) is 0 Å². The molecule has 0 aromatic carbocycles. The number of carbonyl (C=O) groups excluding carboxylic acids is 1. The highest BCUT2D eigenvalue weighted by Gasteiger charge is 1.96. The molecule has 1 rings (SSSR count). The summed E-state index contributed by atoms with van der Waals surface area (Å²) in [5.74, 6) is 0.556. The van der Waals surface area contributed by atoms with Crippen LogP contribution < -0.4 is 0 Å². The van der Waals surface area contributed by atoms with Crippen molar-refractivity contribution in [1.29, 1.82) is 0 Å². The zero-order valence-electron chi connectivity index (χ0n) is 4.92. The van der Waals surface area contributed by atoms with Gasteiger partial charge in [-0.25, -0.2) is 4.98 Å². The normalized spacial score (nSPS) is 9.44. The minimum Gasteiger partial charge on any atom is -0.348 e. The van der Waals surface area contributed by atoms with Crippen LogP contribution in [-0.4, -0.2) is 15.8 Å². The van der Waals surface area contributed by atoms with Gasteiger partial charge in [0.2, 0.25) is 0 Å². The van der Waals surface area contributed by atoms with Crippen LogP contribution in [0, 0.1) is 6.92 Å². The van der Waals surface area contributed by atoms with Crippen molar-refractivity contribution in [2.75, 3.05) is 0 Å². The van der Waals surface area contributed by atoms with Crippen LogP contribution in [0.5, 0.6) is 0 Å². The number of carbonyl (C=O) groups is 1. The number of nitrogens with zero attached hydrogens (tertiary/aromatic N) is 1. The van der Waals surface area contributed by atoms with Gasteiger partial charge in [0, 0.05) is 19.3 Å². The van der Waals surface area contributed by atoms with Crippen LogP contribution in [-0.2, 0) is 11.2 Å². The van der Waals surface area contributed by atoms with Gasteiger partial charge in [-0.1, -0.05) is 0 Å². The second-order valence-corrected chi connectivity index (χ2v) is 1.75. The van der Waals surface area contributed by atoms with Crippen molar-refractivity contribution >= 4 is 5.78 Å². The van der Waals surface area contributed by atoms with E-state index in [1.165, 1.54) is 0 Å². The highest BCUT2D eigenvalue weighted by molar-refractivity contribution is 5.83. The average molecular weight is 123 g/mol. The molecule has 1 radical (unpaired) electrons. The maximum Gasteiger partial charge on any atom is 0.140 e. The molecular formula is C6H7N2O. The Balaban J connectivity index is 2.58. The number of hydrogen-bond acceptors (Lipinski definition) is 2. The molecule has 0 spiro atoms. The van der Waals surface area contributed by atoms with E-state index in [4.69, 9.17) is 0 Å². The van der Waals surface area contributed by atoms with E-state index < -0.39 is 0 Å². The summed E-state index contributed by atoms with van der Waals surface area (Å²) in [4.78, 5) is 17.0. The zero-order chi connectivity index (χ0) is 6.69. The Bertz CT molecular complexity index is 191. The molecule has 0 fully saturated rings. The molecule has 1 heterocycles. The lowest BCUT2D eigenvalue weighted by molar-refractivity contribution is -0.114. The molecule has 1 N–H and O–H groups in total. The highest BCUT2D eigenvalue weighted by atomic mass is 16.1. The zero-order valence-corrected chi connectivity index (χ0v) is 4.92. The van der Waals surface area contributed by atoms with E-state index in [1.807, 2.05) is 0 Å². The molecule has 47 valence electrons. The molecule has 3 nitrogen and oxygen atoms in total. The third-order valence-corrected chi connectivity index (χ3v) is 0.919. The van der Waals surface area contributed by atoms with Gasteiger partial charge in [-0.3, -0.25) is 4.79 Å². The number of ketones is 1. The third kappa shape index (κ3) is 1.68. The summed E-state index contributed by atoms with van der Waals surface area (Å²) in [6.45, 7) is 3.21. The standard InChI is InChI=1S/C6H7N2O/c1-5(9)4-6-7-2-3-8-6/h2-3H,1,4H2,(H,7,8). The third-order valence-electron chi connectivity index (χ3n) is 0.919. The fraction of sp³-hybridized carbons (Fsp3) is 0.167. The fourth-order valence-electron chi connectivity index (χ4n) is 0.581. The highest BCUT2D eigenvalue weighted by Crippen LogP contribution is 1.89. The molecule has 0 aliphatic carbocycles. The van der Waals surface area contributed by atoms with Crippen LogP contribution >= 0.6 is 0 Å². The first kappa shape index (κ1) is 6.01. The summed E-state index contributed by atoms with van der Waals surface area (Å²) in [7, 11) is 0. The van der Waals surface area contributed by atoms with Gasteiger partial charge in [0.25, 0.3) is 0 Å². The first-order valence-electron chi connectivity index (χ1n) is 2.62. The summed E-state index contributed by atoms with van der Waals surface area (Å²) in [6, 6.07) is 0. The number of aromatic nitrogens is 2. The van der Waals surface area contributed by atoms with Gasteiger partial charge < -0.3 is 4.98 Å². The van der Waals surface area contributed by atoms with Crippen LogP contribution in [0.3, 0.4) is 0 Å². The maximum absolute atomic E-state index is 10.3. The summed E-state index contributed by atoms with van der Waals surface area (Å²) in [5.41, 5.74) is 0. The molecule has 0 bridgehead atoms.